The predicted molar refractivity (Wildman–Crippen MR) is 59.0 cm³/mol. The molecule has 0 saturated carbocycles. The summed E-state index contributed by atoms with van der Waals surface area (Å²) in [6.45, 7) is 0. The number of rotatable bonds is 3. The Bertz CT molecular complexity index is 520. The molecule has 0 atom stereocenters. The van der Waals surface area contributed by atoms with Gasteiger partial charge in [-0.25, -0.2) is 8.78 Å². The number of carbonyl (C=O) groups is 1. The third-order valence-corrected chi connectivity index (χ3v) is 2.50. The second-order valence-corrected chi connectivity index (χ2v) is 3.62. The van der Waals surface area contributed by atoms with Gasteiger partial charge in [-0.2, -0.15) is 0 Å². The van der Waals surface area contributed by atoms with E-state index in [1.165, 1.54) is 0 Å². The Hall–Kier alpha value is -1.77. The highest BCUT2D eigenvalue weighted by molar-refractivity contribution is 5.98. The first-order valence-corrected chi connectivity index (χ1v) is 4.95. The molecule has 3 heteroatoms. The number of hydrogen-bond acceptors (Lipinski definition) is 1. The molecule has 0 amide bonds. The number of carbonyl (C=O) groups excluding carboxylic acids is 1. The second-order valence-electron chi connectivity index (χ2n) is 3.62. The van der Waals surface area contributed by atoms with Crippen molar-refractivity contribution >= 4 is 17.1 Å². The third-order valence-electron chi connectivity index (χ3n) is 2.50. The van der Waals surface area contributed by atoms with E-state index in [0.717, 1.165) is 17.1 Å². The fraction of sp³-hybridized carbons (Fsp3) is 0.154. The maximum absolute atomic E-state index is 12.2. The molecule has 0 aliphatic carbocycles. The molecular formula is C13H10F2O. The van der Waals surface area contributed by atoms with Crippen LogP contribution >= 0.6 is 0 Å². The quantitative estimate of drug-likeness (QED) is 0.724. The first kappa shape index (κ1) is 10.7. The summed E-state index contributed by atoms with van der Waals surface area (Å²) in [5.41, 5.74) is 1.17. The number of halogens is 2. The summed E-state index contributed by atoms with van der Waals surface area (Å²) in [7, 11) is 0. The number of aldehydes is 1. The van der Waals surface area contributed by atoms with E-state index in [1.807, 2.05) is 6.07 Å². The Morgan fingerprint density at radius 1 is 1.19 bits per heavy atom. The molecule has 16 heavy (non-hydrogen) atoms. The van der Waals surface area contributed by atoms with Crippen molar-refractivity contribution in [3.05, 3.63) is 47.5 Å². The maximum Gasteiger partial charge on any atom is 0.242 e. The molecule has 0 aliphatic heterocycles. The van der Waals surface area contributed by atoms with Crippen LogP contribution in [0.5, 0.6) is 0 Å². The normalized spacial score (nSPS) is 10.9. The van der Waals surface area contributed by atoms with Crippen molar-refractivity contribution in [3.8, 4) is 0 Å². The van der Waals surface area contributed by atoms with Crippen LogP contribution in [0.1, 0.15) is 15.9 Å². The average molecular weight is 220 g/mol. The van der Waals surface area contributed by atoms with Crippen molar-refractivity contribution in [2.75, 3.05) is 0 Å². The number of alkyl halides is 2. The fourth-order valence-corrected chi connectivity index (χ4v) is 1.77. The molecule has 2 aromatic rings. The molecule has 0 N–H and O–H groups in total. The van der Waals surface area contributed by atoms with Gasteiger partial charge >= 0.3 is 0 Å². The summed E-state index contributed by atoms with van der Waals surface area (Å²) in [6.07, 6.45) is -1.82. The molecule has 0 heterocycles. The maximum atomic E-state index is 12.2. The van der Waals surface area contributed by atoms with E-state index in [4.69, 9.17) is 0 Å². The minimum Gasteiger partial charge on any atom is -0.298 e. The smallest absolute Gasteiger partial charge is 0.242 e. The first-order chi connectivity index (χ1) is 7.70. The van der Waals surface area contributed by atoms with Crippen molar-refractivity contribution in [2.45, 2.75) is 12.8 Å². The molecule has 0 bridgehead atoms. The molecule has 0 saturated heterocycles. The number of fused-ring (bicyclic) bond motifs is 1. The van der Waals surface area contributed by atoms with Crippen molar-refractivity contribution in [2.24, 2.45) is 0 Å². The van der Waals surface area contributed by atoms with Gasteiger partial charge in [-0.1, -0.05) is 36.4 Å². The van der Waals surface area contributed by atoms with E-state index in [-0.39, 0.29) is 6.42 Å². The molecular weight excluding hydrogens is 210 g/mol. The largest absolute Gasteiger partial charge is 0.298 e. The lowest BCUT2D eigenvalue weighted by Crippen LogP contribution is -1.96. The minimum absolute atomic E-state index is 0.249. The molecule has 0 unspecified atom stereocenters. The van der Waals surface area contributed by atoms with Gasteiger partial charge in [0.1, 0.15) is 0 Å². The van der Waals surface area contributed by atoms with Gasteiger partial charge in [0.05, 0.1) is 0 Å². The molecule has 0 aromatic heterocycles. The van der Waals surface area contributed by atoms with Crippen LogP contribution < -0.4 is 0 Å². The Labute approximate surface area is 91.7 Å². The summed E-state index contributed by atoms with van der Waals surface area (Å²) in [5, 5.41) is 1.62. The van der Waals surface area contributed by atoms with Gasteiger partial charge in [-0.05, 0) is 16.3 Å². The van der Waals surface area contributed by atoms with Crippen LogP contribution in [0.2, 0.25) is 0 Å². The molecule has 0 radical (unpaired) electrons. The SMILES string of the molecule is O=Cc1cccc2cc(CC(F)F)ccc12. The van der Waals surface area contributed by atoms with E-state index >= 15 is 0 Å². The summed E-state index contributed by atoms with van der Waals surface area (Å²) < 4.78 is 24.4. The molecule has 0 fully saturated rings. The lowest BCUT2D eigenvalue weighted by molar-refractivity contribution is 0.112. The number of benzene rings is 2. The molecule has 0 spiro atoms. The Morgan fingerprint density at radius 3 is 2.69 bits per heavy atom. The lowest BCUT2D eigenvalue weighted by Gasteiger charge is -2.04. The standard InChI is InChI=1S/C13H10F2O/c14-13(15)7-9-4-5-12-10(6-9)2-1-3-11(12)8-16/h1-6,8,13H,7H2. The van der Waals surface area contributed by atoms with Crippen molar-refractivity contribution in [1.29, 1.82) is 0 Å². The van der Waals surface area contributed by atoms with Gasteiger partial charge in [0.25, 0.3) is 0 Å². The predicted octanol–water partition coefficient (Wildman–Crippen LogP) is 3.46. The average Bonchev–Trinajstić information content (AvgIpc) is 2.27. The van der Waals surface area contributed by atoms with Crippen LogP contribution in [0.25, 0.3) is 10.8 Å². The first-order valence-electron chi connectivity index (χ1n) is 4.95. The fourth-order valence-electron chi connectivity index (χ4n) is 1.77. The topological polar surface area (TPSA) is 17.1 Å². The van der Waals surface area contributed by atoms with Crippen molar-refractivity contribution < 1.29 is 13.6 Å². The molecule has 2 rings (SSSR count). The zero-order chi connectivity index (χ0) is 11.5. The van der Waals surface area contributed by atoms with E-state index in [0.29, 0.717) is 11.1 Å². The molecule has 82 valence electrons. The Kier molecular flexibility index (Phi) is 2.95. The zero-order valence-corrected chi connectivity index (χ0v) is 8.49. The van der Waals surface area contributed by atoms with Crippen molar-refractivity contribution in [3.63, 3.8) is 0 Å². The summed E-state index contributed by atoms with van der Waals surface area (Å²) in [6, 6.07) is 10.3. The highest BCUT2D eigenvalue weighted by Gasteiger charge is 2.06. The van der Waals surface area contributed by atoms with E-state index < -0.39 is 6.43 Å². The molecule has 2 aromatic carbocycles. The zero-order valence-electron chi connectivity index (χ0n) is 8.49. The highest BCUT2D eigenvalue weighted by Crippen LogP contribution is 2.20. The summed E-state index contributed by atoms with van der Waals surface area (Å²) in [5.74, 6) is 0. The van der Waals surface area contributed by atoms with Crippen LogP contribution in [-0.2, 0) is 6.42 Å². The number of hydrogen-bond donors (Lipinski definition) is 0. The molecule has 1 nitrogen and oxygen atoms in total. The van der Waals surface area contributed by atoms with Crippen LogP contribution in [-0.4, -0.2) is 12.7 Å². The Balaban J connectivity index is 2.51. The van der Waals surface area contributed by atoms with E-state index in [2.05, 4.69) is 0 Å². The summed E-state index contributed by atoms with van der Waals surface area (Å²) >= 11 is 0. The van der Waals surface area contributed by atoms with Crippen molar-refractivity contribution in [1.82, 2.24) is 0 Å². The lowest BCUT2D eigenvalue weighted by atomic mass is 10.0. The summed E-state index contributed by atoms with van der Waals surface area (Å²) in [4.78, 5) is 10.8. The Morgan fingerprint density at radius 2 is 2.00 bits per heavy atom. The van der Waals surface area contributed by atoms with Gasteiger partial charge in [-0.3, -0.25) is 4.79 Å². The minimum atomic E-state index is -2.34. The van der Waals surface area contributed by atoms with E-state index in [9.17, 15) is 13.6 Å². The van der Waals surface area contributed by atoms with Crippen LogP contribution in [0, 0.1) is 0 Å². The monoisotopic (exact) mass is 220 g/mol. The van der Waals surface area contributed by atoms with Crippen LogP contribution in [0.15, 0.2) is 36.4 Å². The van der Waals surface area contributed by atoms with Gasteiger partial charge in [-0.15, -0.1) is 0 Å². The van der Waals surface area contributed by atoms with Gasteiger partial charge in [0, 0.05) is 12.0 Å². The molecule has 0 aliphatic rings. The van der Waals surface area contributed by atoms with E-state index in [1.54, 1.807) is 30.3 Å². The van der Waals surface area contributed by atoms with Gasteiger partial charge < -0.3 is 0 Å². The third kappa shape index (κ3) is 2.08. The highest BCUT2D eigenvalue weighted by atomic mass is 19.3. The van der Waals surface area contributed by atoms with Gasteiger partial charge in [0.15, 0.2) is 6.29 Å². The second kappa shape index (κ2) is 4.39. The van der Waals surface area contributed by atoms with Gasteiger partial charge in [0.2, 0.25) is 6.43 Å². The van der Waals surface area contributed by atoms with Crippen LogP contribution in [0.3, 0.4) is 0 Å². The van der Waals surface area contributed by atoms with Crippen LogP contribution in [0.4, 0.5) is 8.78 Å².